The molecule has 0 spiro atoms. The molecule has 0 aliphatic rings. The number of hydrogen-bond acceptors (Lipinski definition) is 6. The normalized spacial score (nSPS) is 13.6. The minimum absolute atomic E-state index is 0.00458. The number of alkyl carbamates (subject to hydrolysis) is 1. The molecule has 0 aromatic carbocycles. The number of nitrogens with one attached hydrogen (secondary N) is 2. The molecule has 11 nitrogen and oxygen atoms in total. The lowest BCUT2D eigenvalue weighted by Gasteiger charge is -2.22. The van der Waals surface area contributed by atoms with Crippen molar-refractivity contribution in [2.75, 3.05) is 0 Å². The van der Waals surface area contributed by atoms with Gasteiger partial charge in [0, 0.05) is 12.6 Å². The summed E-state index contributed by atoms with van der Waals surface area (Å²) in [5, 5.41) is 15.3. The lowest BCUT2D eigenvalue weighted by atomic mass is 10.1. The highest BCUT2D eigenvalue weighted by Gasteiger charge is 2.24. The Hall–Kier alpha value is -3.37. The molecular weight excluding hydrogens is 354 g/mol. The van der Waals surface area contributed by atoms with Crippen LogP contribution in [0, 0.1) is 0 Å². The molecular formula is C16H25N7O4. The van der Waals surface area contributed by atoms with E-state index >= 15 is 0 Å². The van der Waals surface area contributed by atoms with E-state index in [2.05, 4.69) is 25.8 Å². The quantitative estimate of drug-likeness (QED) is 0.268. The third kappa shape index (κ3) is 9.05. The molecule has 0 fully saturated rings. The van der Waals surface area contributed by atoms with Crippen LogP contribution in [0.15, 0.2) is 28.4 Å². The molecule has 11 heteroatoms. The number of amidine groups is 1. The first-order valence-corrected chi connectivity index (χ1v) is 8.03. The molecule has 1 heterocycles. The van der Waals surface area contributed by atoms with E-state index in [9.17, 15) is 14.7 Å². The topological polar surface area (TPSA) is 177 Å². The van der Waals surface area contributed by atoms with Gasteiger partial charge in [0.1, 0.15) is 17.5 Å². The van der Waals surface area contributed by atoms with Crippen LogP contribution < -0.4 is 22.2 Å². The molecule has 148 valence electrons. The van der Waals surface area contributed by atoms with Crippen molar-refractivity contribution in [3.8, 4) is 0 Å². The first-order chi connectivity index (χ1) is 12.5. The second kappa shape index (κ2) is 9.36. The van der Waals surface area contributed by atoms with Crippen molar-refractivity contribution < 1.29 is 19.4 Å². The SMILES string of the molecule is C/C(N)=N/NC(N)=Nc1ccc(C[C@H](NC(=O)OC(C)(C)C)C(=O)O)cn1. The van der Waals surface area contributed by atoms with Gasteiger partial charge in [0.05, 0.1) is 0 Å². The van der Waals surface area contributed by atoms with Crippen LogP contribution in [0.2, 0.25) is 0 Å². The summed E-state index contributed by atoms with van der Waals surface area (Å²) in [6.07, 6.45) is 0.658. The fourth-order valence-electron chi connectivity index (χ4n) is 1.78. The number of nitrogens with zero attached hydrogens (tertiary/aromatic N) is 3. The highest BCUT2D eigenvalue weighted by atomic mass is 16.6. The van der Waals surface area contributed by atoms with Crippen molar-refractivity contribution in [1.82, 2.24) is 15.7 Å². The van der Waals surface area contributed by atoms with Gasteiger partial charge in [-0.25, -0.2) is 20.0 Å². The summed E-state index contributed by atoms with van der Waals surface area (Å²) in [6, 6.07) is 2.02. The molecule has 0 aliphatic heterocycles. The molecule has 1 aromatic rings. The number of aromatic nitrogens is 1. The van der Waals surface area contributed by atoms with Crippen molar-refractivity contribution in [3.63, 3.8) is 0 Å². The molecule has 0 saturated carbocycles. The molecule has 1 aromatic heterocycles. The molecule has 27 heavy (non-hydrogen) atoms. The van der Waals surface area contributed by atoms with E-state index in [1.807, 2.05) is 0 Å². The van der Waals surface area contributed by atoms with Crippen LogP contribution in [-0.4, -0.2) is 45.6 Å². The lowest BCUT2D eigenvalue weighted by Crippen LogP contribution is -2.44. The summed E-state index contributed by atoms with van der Waals surface area (Å²) in [4.78, 5) is 31.2. The number of carbonyl (C=O) groups excluding carboxylic acids is 1. The number of hydrogen-bond donors (Lipinski definition) is 5. The van der Waals surface area contributed by atoms with Crippen LogP contribution in [0.1, 0.15) is 33.3 Å². The van der Waals surface area contributed by atoms with Crippen molar-refractivity contribution in [1.29, 1.82) is 0 Å². The number of carboxylic acids is 1. The standard InChI is InChI=1S/C16H25N7O4/c1-9(17)22-23-14(18)21-12-6-5-10(8-19-12)7-11(13(24)25)20-15(26)27-16(2,3)4/h5-6,8,11H,7H2,1-4H3,(H2,17,22)(H,20,26)(H,24,25)(H3,18,19,21,23)/t11-/m0/s1. The summed E-state index contributed by atoms with van der Waals surface area (Å²) in [6.45, 7) is 6.64. The highest BCUT2D eigenvalue weighted by Crippen LogP contribution is 2.11. The van der Waals surface area contributed by atoms with Gasteiger partial charge in [-0.2, -0.15) is 10.1 Å². The number of rotatable bonds is 6. The van der Waals surface area contributed by atoms with E-state index in [0.29, 0.717) is 11.4 Å². The number of nitrogens with two attached hydrogens (primary N) is 2. The Balaban J connectivity index is 2.76. The van der Waals surface area contributed by atoms with Crippen LogP contribution >= 0.6 is 0 Å². The monoisotopic (exact) mass is 379 g/mol. The van der Waals surface area contributed by atoms with Gasteiger partial charge >= 0.3 is 12.1 Å². The zero-order valence-corrected chi connectivity index (χ0v) is 15.7. The lowest BCUT2D eigenvalue weighted by molar-refractivity contribution is -0.139. The van der Waals surface area contributed by atoms with Gasteiger partial charge in [-0.3, -0.25) is 0 Å². The summed E-state index contributed by atoms with van der Waals surface area (Å²) >= 11 is 0. The molecule has 0 bridgehead atoms. The van der Waals surface area contributed by atoms with Gasteiger partial charge in [-0.15, -0.1) is 0 Å². The van der Waals surface area contributed by atoms with Gasteiger partial charge in [0.2, 0.25) is 5.96 Å². The average molecular weight is 379 g/mol. The van der Waals surface area contributed by atoms with Crippen molar-refractivity contribution in [2.24, 2.45) is 21.6 Å². The van der Waals surface area contributed by atoms with E-state index in [0.717, 1.165) is 0 Å². The van der Waals surface area contributed by atoms with Gasteiger partial charge in [-0.1, -0.05) is 6.07 Å². The average Bonchev–Trinajstić information content (AvgIpc) is 2.52. The molecule has 0 aliphatic carbocycles. The number of guanidine groups is 1. The molecule has 0 radical (unpaired) electrons. The molecule has 0 unspecified atom stereocenters. The Morgan fingerprint density at radius 3 is 2.48 bits per heavy atom. The smallest absolute Gasteiger partial charge is 0.408 e. The van der Waals surface area contributed by atoms with Crippen LogP contribution in [0.4, 0.5) is 10.6 Å². The van der Waals surface area contributed by atoms with Crippen molar-refractivity contribution >= 4 is 29.7 Å². The number of hydrazone groups is 1. The Kier molecular flexibility index (Phi) is 7.51. The summed E-state index contributed by atoms with van der Waals surface area (Å²) < 4.78 is 5.07. The minimum atomic E-state index is -1.19. The molecule has 1 atom stereocenters. The maximum Gasteiger partial charge on any atom is 0.408 e. The Labute approximate surface area is 156 Å². The van der Waals surface area contributed by atoms with Crippen LogP contribution in [0.5, 0.6) is 0 Å². The zero-order valence-electron chi connectivity index (χ0n) is 15.7. The zero-order chi connectivity index (χ0) is 20.6. The number of amides is 1. The van der Waals surface area contributed by atoms with Crippen LogP contribution in [-0.2, 0) is 16.0 Å². The van der Waals surface area contributed by atoms with Gasteiger partial charge in [0.25, 0.3) is 0 Å². The Morgan fingerprint density at radius 2 is 2.00 bits per heavy atom. The third-order valence-corrected chi connectivity index (χ3v) is 2.82. The van der Waals surface area contributed by atoms with Gasteiger partial charge in [0.15, 0.2) is 5.82 Å². The second-order valence-corrected chi connectivity index (χ2v) is 6.63. The van der Waals surface area contributed by atoms with Crippen LogP contribution in [0.3, 0.4) is 0 Å². The van der Waals surface area contributed by atoms with E-state index in [1.54, 1.807) is 39.8 Å². The first kappa shape index (κ1) is 21.7. The number of pyridine rings is 1. The third-order valence-electron chi connectivity index (χ3n) is 2.82. The predicted octanol–water partition coefficient (Wildman–Crippen LogP) is 0.430. The van der Waals surface area contributed by atoms with E-state index in [4.69, 9.17) is 16.2 Å². The largest absolute Gasteiger partial charge is 0.480 e. The summed E-state index contributed by atoms with van der Waals surface area (Å²) in [5.41, 5.74) is 13.3. The fourth-order valence-corrected chi connectivity index (χ4v) is 1.78. The number of ether oxygens (including phenoxy) is 1. The van der Waals surface area contributed by atoms with Crippen molar-refractivity contribution in [2.45, 2.75) is 45.8 Å². The molecule has 1 rings (SSSR count). The van der Waals surface area contributed by atoms with Crippen LogP contribution in [0.25, 0.3) is 0 Å². The fraction of sp³-hybridized carbons (Fsp3) is 0.438. The number of aliphatic imine (C=N–C) groups is 1. The molecule has 7 N–H and O–H groups in total. The molecule has 0 saturated heterocycles. The van der Waals surface area contributed by atoms with E-state index < -0.39 is 23.7 Å². The van der Waals surface area contributed by atoms with Gasteiger partial charge in [-0.05, 0) is 39.3 Å². The van der Waals surface area contributed by atoms with Crippen molar-refractivity contribution in [3.05, 3.63) is 23.9 Å². The maximum atomic E-state index is 11.8. The van der Waals surface area contributed by atoms with E-state index in [1.165, 1.54) is 6.20 Å². The highest BCUT2D eigenvalue weighted by molar-refractivity contribution is 5.83. The summed E-state index contributed by atoms with van der Waals surface area (Å²) in [5.74, 6) is -0.615. The summed E-state index contributed by atoms with van der Waals surface area (Å²) in [7, 11) is 0. The predicted molar refractivity (Wildman–Crippen MR) is 100 cm³/mol. The number of aliphatic carboxylic acids is 1. The maximum absolute atomic E-state index is 11.8. The van der Waals surface area contributed by atoms with Gasteiger partial charge < -0.3 is 26.6 Å². The van der Waals surface area contributed by atoms with E-state index in [-0.39, 0.29) is 18.2 Å². The Bertz CT molecular complexity index is 719. The number of carbonyl (C=O) groups is 2. The minimum Gasteiger partial charge on any atom is -0.480 e. The molecule has 1 amide bonds. The Morgan fingerprint density at radius 1 is 1.33 bits per heavy atom. The first-order valence-electron chi connectivity index (χ1n) is 8.03. The number of carboxylic acid groups (broad SMARTS) is 1. The second-order valence-electron chi connectivity index (χ2n) is 6.63.